The monoisotopic (exact) mass is 577 g/mol. The van der Waals surface area contributed by atoms with Gasteiger partial charge in [0.15, 0.2) is 5.69 Å². The molecule has 0 bridgehead atoms. The van der Waals surface area contributed by atoms with E-state index in [4.69, 9.17) is 5.10 Å². The second-order valence-electron chi connectivity index (χ2n) is 10.2. The van der Waals surface area contributed by atoms with E-state index in [9.17, 15) is 27.5 Å². The van der Waals surface area contributed by atoms with E-state index in [0.717, 1.165) is 27.1 Å². The first kappa shape index (κ1) is 26.9. The minimum absolute atomic E-state index is 0.00752. The minimum atomic E-state index is -4.59. The molecule has 1 N–H and O–H groups in total. The molecule has 5 nitrogen and oxygen atoms in total. The van der Waals surface area contributed by atoms with Gasteiger partial charge in [0, 0.05) is 22.9 Å². The van der Waals surface area contributed by atoms with Crippen molar-refractivity contribution in [3.8, 4) is 27.5 Å². The minimum Gasteiger partial charge on any atom is -0.476 e. The van der Waals surface area contributed by atoms with Crippen LogP contribution in [0.1, 0.15) is 45.7 Å². The number of carbonyl (C=O) groups is 1. The molecule has 0 amide bonds. The standard InChI is InChI=1S/C31H23F4N3O2S/c1-18-10-11-19(15-24(18)32)14-23-26(22-9-5-8-21(16-22)20-6-3-2-4-7-20)37-38(29-36-25(17-41-29)28(39)40)27(23)30(12-13-30)31(33,34)35/h2-11,15-17H,12-14H2,1H3,(H,39,40). The number of alkyl halides is 3. The second kappa shape index (κ2) is 9.95. The molecule has 0 aliphatic heterocycles. The number of hydrogen-bond donors (Lipinski definition) is 1. The number of halogens is 4. The van der Waals surface area contributed by atoms with Gasteiger partial charge in [-0.25, -0.2) is 18.9 Å². The van der Waals surface area contributed by atoms with Crippen molar-refractivity contribution in [2.24, 2.45) is 0 Å². The van der Waals surface area contributed by atoms with Gasteiger partial charge in [0.05, 0.1) is 11.4 Å². The van der Waals surface area contributed by atoms with E-state index in [1.807, 2.05) is 48.5 Å². The molecule has 5 aromatic rings. The predicted octanol–water partition coefficient (Wildman–Crippen LogP) is 7.99. The molecule has 41 heavy (non-hydrogen) atoms. The largest absolute Gasteiger partial charge is 0.476 e. The Morgan fingerprint density at radius 1 is 1.00 bits per heavy atom. The molecule has 0 unspecified atom stereocenters. The molecule has 0 radical (unpaired) electrons. The summed E-state index contributed by atoms with van der Waals surface area (Å²) in [5.41, 5.74) is 1.36. The molecule has 1 aliphatic rings. The van der Waals surface area contributed by atoms with Crippen molar-refractivity contribution in [1.82, 2.24) is 14.8 Å². The van der Waals surface area contributed by atoms with Crippen LogP contribution >= 0.6 is 11.3 Å². The number of benzene rings is 3. The fourth-order valence-electron chi connectivity index (χ4n) is 5.15. The van der Waals surface area contributed by atoms with Crippen LogP contribution in [-0.2, 0) is 11.8 Å². The molecule has 208 valence electrons. The van der Waals surface area contributed by atoms with Crippen LogP contribution in [0.2, 0.25) is 0 Å². The molecular formula is C31H23F4N3O2S. The summed E-state index contributed by atoms with van der Waals surface area (Å²) in [6.45, 7) is 1.62. The van der Waals surface area contributed by atoms with Crippen molar-refractivity contribution in [2.75, 3.05) is 0 Å². The summed E-state index contributed by atoms with van der Waals surface area (Å²) >= 11 is 0.909. The summed E-state index contributed by atoms with van der Waals surface area (Å²) in [6, 6.07) is 21.6. The zero-order chi connectivity index (χ0) is 28.9. The Balaban J connectivity index is 1.62. The molecule has 2 aromatic heterocycles. The smallest absolute Gasteiger partial charge is 0.399 e. The average molecular weight is 578 g/mol. The number of aromatic carboxylic acids is 1. The molecule has 1 aliphatic carbocycles. The van der Waals surface area contributed by atoms with Crippen LogP contribution in [-0.4, -0.2) is 32.0 Å². The maximum Gasteiger partial charge on any atom is 0.399 e. The SMILES string of the molecule is Cc1ccc(Cc2c(-c3cccc(-c4ccccc4)c3)nn(-c3nc(C(=O)O)cs3)c2C2(C(F)(F)F)CC2)cc1F. The van der Waals surface area contributed by atoms with Crippen LogP contribution in [0.5, 0.6) is 0 Å². The summed E-state index contributed by atoms with van der Waals surface area (Å²) in [7, 11) is 0. The van der Waals surface area contributed by atoms with Crippen molar-refractivity contribution in [1.29, 1.82) is 0 Å². The molecule has 1 saturated carbocycles. The van der Waals surface area contributed by atoms with Gasteiger partial charge in [0.1, 0.15) is 11.2 Å². The van der Waals surface area contributed by atoms with Crippen LogP contribution in [0.25, 0.3) is 27.5 Å². The summed E-state index contributed by atoms with van der Waals surface area (Å²) in [5.74, 6) is -1.74. The van der Waals surface area contributed by atoms with E-state index >= 15 is 0 Å². The summed E-state index contributed by atoms with van der Waals surface area (Å²) in [6.07, 6.45) is -4.88. The third-order valence-electron chi connectivity index (χ3n) is 7.48. The Morgan fingerprint density at radius 3 is 2.34 bits per heavy atom. The molecule has 10 heteroatoms. The fourth-order valence-corrected chi connectivity index (χ4v) is 5.90. The van der Waals surface area contributed by atoms with Gasteiger partial charge in [0.25, 0.3) is 0 Å². The number of aromatic nitrogens is 3. The second-order valence-corrected chi connectivity index (χ2v) is 11.0. The quantitative estimate of drug-likeness (QED) is 0.199. The van der Waals surface area contributed by atoms with E-state index in [1.165, 1.54) is 11.4 Å². The summed E-state index contributed by atoms with van der Waals surface area (Å²) in [4.78, 5) is 15.7. The predicted molar refractivity (Wildman–Crippen MR) is 148 cm³/mol. The lowest BCUT2D eigenvalue weighted by atomic mass is 9.90. The van der Waals surface area contributed by atoms with Gasteiger partial charge < -0.3 is 5.11 Å². The van der Waals surface area contributed by atoms with E-state index in [1.54, 1.807) is 25.1 Å². The molecule has 2 heterocycles. The van der Waals surface area contributed by atoms with Crippen molar-refractivity contribution in [2.45, 2.75) is 37.8 Å². The number of hydrogen-bond acceptors (Lipinski definition) is 4. The Kier molecular flexibility index (Phi) is 6.53. The topological polar surface area (TPSA) is 68.0 Å². The first-order chi connectivity index (χ1) is 19.6. The Morgan fingerprint density at radius 2 is 1.71 bits per heavy atom. The van der Waals surface area contributed by atoms with Crippen molar-refractivity contribution < 1.29 is 27.5 Å². The third kappa shape index (κ3) is 4.82. The molecule has 1 fully saturated rings. The lowest BCUT2D eigenvalue weighted by Gasteiger charge is -2.22. The van der Waals surface area contributed by atoms with Gasteiger partial charge in [0.2, 0.25) is 5.13 Å². The van der Waals surface area contributed by atoms with Gasteiger partial charge in [-0.1, -0.05) is 60.7 Å². The molecule has 0 atom stereocenters. The highest BCUT2D eigenvalue weighted by Crippen LogP contribution is 2.61. The number of nitrogens with zero attached hydrogens (tertiary/aromatic N) is 3. The van der Waals surface area contributed by atoms with Crippen molar-refractivity contribution in [3.63, 3.8) is 0 Å². The van der Waals surface area contributed by atoms with E-state index in [0.29, 0.717) is 27.9 Å². The highest BCUT2D eigenvalue weighted by atomic mass is 32.1. The molecular weight excluding hydrogens is 554 g/mol. The van der Waals surface area contributed by atoms with Crippen molar-refractivity contribution >= 4 is 17.3 Å². The highest BCUT2D eigenvalue weighted by Gasteiger charge is 2.67. The van der Waals surface area contributed by atoms with Crippen LogP contribution in [0.4, 0.5) is 17.6 Å². The van der Waals surface area contributed by atoms with E-state index < -0.39 is 23.4 Å². The number of rotatable bonds is 7. The van der Waals surface area contributed by atoms with Crippen LogP contribution < -0.4 is 0 Å². The molecule has 3 aromatic carbocycles. The highest BCUT2D eigenvalue weighted by molar-refractivity contribution is 7.12. The first-order valence-electron chi connectivity index (χ1n) is 12.9. The third-order valence-corrected chi connectivity index (χ3v) is 8.30. The first-order valence-corrected chi connectivity index (χ1v) is 13.7. The number of carboxylic acid groups (broad SMARTS) is 1. The van der Waals surface area contributed by atoms with E-state index in [-0.39, 0.29) is 35.8 Å². The fraction of sp³-hybridized carbons (Fsp3) is 0.194. The van der Waals surface area contributed by atoms with Gasteiger partial charge in [-0.3, -0.25) is 0 Å². The zero-order valence-electron chi connectivity index (χ0n) is 21.7. The maximum atomic E-state index is 14.7. The molecule has 0 saturated heterocycles. The van der Waals surface area contributed by atoms with Crippen molar-refractivity contribution in [3.05, 3.63) is 112 Å². The Labute approximate surface area is 236 Å². The van der Waals surface area contributed by atoms with Gasteiger partial charge in [-0.05, 0) is 54.2 Å². The van der Waals surface area contributed by atoms with Crippen LogP contribution in [0.15, 0.2) is 78.2 Å². The zero-order valence-corrected chi connectivity index (χ0v) is 22.6. The average Bonchev–Trinajstić information content (AvgIpc) is 3.46. The number of carboxylic acids is 1. The van der Waals surface area contributed by atoms with Gasteiger partial charge in [-0.2, -0.15) is 18.3 Å². The van der Waals surface area contributed by atoms with Gasteiger partial charge >= 0.3 is 12.1 Å². The Hall–Kier alpha value is -4.31. The number of thiazole rings is 1. The number of aryl methyl sites for hydroxylation is 1. The normalized spacial score (nSPS) is 14.3. The van der Waals surface area contributed by atoms with Crippen LogP contribution in [0, 0.1) is 12.7 Å². The van der Waals surface area contributed by atoms with Crippen LogP contribution in [0.3, 0.4) is 0 Å². The van der Waals surface area contributed by atoms with Gasteiger partial charge in [-0.15, -0.1) is 11.3 Å². The summed E-state index contributed by atoms with van der Waals surface area (Å²) < 4.78 is 59.9. The van der Waals surface area contributed by atoms with E-state index in [2.05, 4.69) is 4.98 Å². The maximum absolute atomic E-state index is 14.7. The molecule has 0 spiro atoms. The summed E-state index contributed by atoms with van der Waals surface area (Å²) in [5, 5.41) is 15.4. The molecule has 6 rings (SSSR count). The lowest BCUT2D eigenvalue weighted by Crippen LogP contribution is -2.32. The lowest BCUT2D eigenvalue weighted by molar-refractivity contribution is -0.162. The Bertz CT molecular complexity index is 1770.